The van der Waals surface area contributed by atoms with Gasteiger partial charge in [0.05, 0.1) is 0 Å². The molecule has 0 saturated heterocycles. The fraction of sp³-hybridized carbons (Fsp3) is 0.286. The van der Waals surface area contributed by atoms with Gasteiger partial charge >= 0.3 is 0 Å². The molecule has 0 bridgehead atoms. The molecule has 0 aromatic carbocycles. The zero-order valence-corrected chi connectivity index (χ0v) is 6.97. The second-order valence-electron chi connectivity index (χ2n) is 1.79. The fourth-order valence-electron chi connectivity index (χ4n) is 0.724. The Labute approximate surface area is 70.7 Å². The summed E-state index contributed by atoms with van der Waals surface area (Å²) in [4.78, 5) is 1.18. The first-order valence-corrected chi connectivity index (χ1v) is 4.00. The van der Waals surface area contributed by atoms with Crippen LogP contribution in [0.1, 0.15) is 12.8 Å². The average Bonchev–Trinajstić information content (AvgIpc) is 2.11. The molecule has 3 nitrogen and oxygen atoms in total. The first kappa shape index (κ1) is 10.2. The molecular weight excluding hydrogens is 158 g/mol. The molecule has 0 aromatic rings. The molecule has 4 N–H and O–H groups in total. The third-order valence-electron chi connectivity index (χ3n) is 1.15. The molecule has 0 fully saturated rings. The molecular formula is C7H11N3S. The molecule has 1 rings (SSSR count). The van der Waals surface area contributed by atoms with Crippen LogP contribution in [0.25, 0.3) is 0 Å². The van der Waals surface area contributed by atoms with Gasteiger partial charge in [0.1, 0.15) is 5.40 Å². The Kier molecular flexibility index (Phi) is 6.84. The van der Waals surface area contributed by atoms with Gasteiger partial charge in [0.25, 0.3) is 0 Å². The van der Waals surface area contributed by atoms with Crippen LogP contribution in [0.2, 0.25) is 0 Å². The summed E-state index contributed by atoms with van der Waals surface area (Å²) >= 11 is 1.27. The van der Waals surface area contributed by atoms with Crippen molar-refractivity contribution >= 4 is 11.8 Å². The maximum absolute atomic E-state index is 8.27. The van der Waals surface area contributed by atoms with Gasteiger partial charge in [-0.2, -0.15) is 5.26 Å². The molecule has 11 heavy (non-hydrogen) atoms. The van der Waals surface area contributed by atoms with Crippen LogP contribution in [-0.2, 0) is 0 Å². The largest absolute Gasteiger partial charge is 0.274 e. The summed E-state index contributed by atoms with van der Waals surface area (Å²) in [6.07, 6.45) is 8.23. The van der Waals surface area contributed by atoms with Crippen molar-refractivity contribution < 1.29 is 0 Å². The quantitative estimate of drug-likeness (QED) is 0.352. The van der Waals surface area contributed by atoms with Gasteiger partial charge in [-0.05, 0) is 24.6 Å². The van der Waals surface area contributed by atoms with Crippen molar-refractivity contribution in [1.29, 1.82) is 5.26 Å². The Balaban J connectivity index is 0.000000461. The van der Waals surface area contributed by atoms with Crippen LogP contribution >= 0.6 is 11.8 Å². The summed E-state index contributed by atoms with van der Waals surface area (Å²) in [5.41, 5.74) is 0. The Hall–Kier alpha value is -0.760. The second-order valence-corrected chi connectivity index (χ2v) is 2.70. The van der Waals surface area contributed by atoms with Gasteiger partial charge in [0.2, 0.25) is 0 Å². The predicted molar refractivity (Wildman–Crippen MR) is 48.0 cm³/mol. The van der Waals surface area contributed by atoms with E-state index in [-0.39, 0.29) is 0 Å². The highest BCUT2D eigenvalue weighted by Gasteiger charge is 1.97. The van der Waals surface area contributed by atoms with Crippen LogP contribution in [0, 0.1) is 10.7 Å². The second kappa shape index (κ2) is 7.35. The lowest BCUT2D eigenvalue weighted by atomic mass is 10.2. The summed E-state index contributed by atoms with van der Waals surface area (Å²) in [6, 6.07) is 0. The molecule has 0 aromatic heterocycles. The highest BCUT2D eigenvalue weighted by atomic mass is 32.2. The van der Waals surface area contributed by atoms with Gasteiger partial charge in [-0.15, -0.1) is 0 Å². The summed E-state index contributed by atoms with van der Waals surface area (Å²) in [6.45, 7) is 0. The van der Waals surface area contributed by atoms with E-state index in [1.807, 2.05) is 12.2 Å². The highest BCUT2D eigenvalue weighted by molar-refractivity contribution is 8.07. The number of hydrazine groups is 1. The number of nitrogens with two attached hydrogens (primary N) is 2. The summed E-state index contributed by atoms with van der Waals surface area (Å²) < 4.78 is 0. The lowest BCUT2D eigenvalue weighted by Gasteiger charge is -2.00. The van der Waals surface area contributed by atoms with Crippen LogP contribution in [0.15, 0.2) is 23.1 Å². The number of allylic oxidation sites excluding steroid dienone is 4. The molecule has 0 amide bonds. The summed E-state index contributed by atoms with van der Waals surface area (Å²) in [7, 11) is 0. The molecule has 1 aliphatic carbocycles. The Morgan fingerprint density at radius 2 is 2.27 bits per heavy atom. The maximum atomic E-state index is 8.27. The van der Waals surface area contributed by atoms with Crippen molar-refractivity contribution in [3.63, 3.8) is 0 Å². The number of nitrogens with zero attached hydrogens (tertiary/aromatic N) is 1. The number of thioether (sulfide) groups is 1. The van der Waals surface area contributed by atoms with E-state index < -0.39 is 0 Å². The molecule has 0 aliphatic heterocycles. The normalized spacial score (nSPS) is 14.1. The maximum Gasteiger partial charge on any atom is 0.138 e. The van der Waals surface area contributed by atoms with Crippen molar-refractivity contribution in [3.05, 3.63) is 23.1 Å². The van der Waals surface area contributed by atoms with E-state index in [0.29, 0.717) is 0 Å². The third kappa shape index (κ3) is 4.62. The Morgan fingerprint density at radius 1 is 1.55 bits per heavy atom. The van der Waals surface area contributed by atoms with Gasteiger partial charge in [0.15, 0.2) is 0 Å². The monoisotopic (exact) mass is 169 g/mol. The minimum absolute atomic E-state index is 1.04. The predicted octanol–water partition coefficient (Wildman–Crippen LogP) is 1.25. The Morgan fingerprint density at radius 3 is 2.73 bits per heavy atom. The average molecular weight is 169 g/mol. The highest BCUT2D eigenvalue weighted by Crippen LogP contribution is 2.22. The first-order chi connectivity index (χ1) is 5.43. The minimum atomic E-state index is 1.04. The number of rotatable bonds is 1. The van der Waals surface area contributed by atoms with Gasteiger partial charge in [-0.3, -0.25) is 11.7 Å². The van der Waals surface area contributed by atoms with E-state index in [1.54, 1.807) is 0 Å². The minimum Gasteiger partial charge on any atom is -0.274 e. The molecule has 0 radical (unpaired) electrons. The van der Waals surface area contributed by atoms with Crippen molar-refractivity contribution in [1.82, 2.24) is 0 Å². The fourth-order valence-corrected chi connectivity index (χ4v) is 1.21. The van der Waals surface area contributed by atoms with Crippen LogP contribution in [-0.4, -0.2) is 0 Å². The van der Waals surface area contributed by atoms with E-state index in [1.165, 1.54) is 16.7 Å². The zero-order valence-electron chi connectivity index (χ0n) is 6.16. The van der Waals surface area contributed by atoms with Gasteiger partial charge in [-0.1, -0.05) is 18.2 Å². The van der Waals surface area contributed by atoms with Gasteiger partial charge < -0.3 is 0 Å². The molecule has 0 atom stereocenters. The topological polar surface area (TPSA) is 75.8 Å². The molecule has 1 aliphatic rings. The van der Waals surface area contributed by atoms with Crippen LogP contribution < -0.4 is 11.7 Å². The molecule has 0 heterocycles. The van der Waals surface area contributed by atoms with E-state index >= 15 is 0 Å². The van der Waals surface area contributed by atoms with Gasteiger partial charge in [0, 0.05) is 4.91 Å². The first-order valence-electron chi connectivity index (χ1n) is 3.18. The van der Waals surface area contributed by atoms with Crippen molar-refractivity contribution in [2.75, 3.05) is 0 Å². The van der Waals surface area contributed by atoms with Crippen LogP contribution in [0.5, 0.6) is 0 Å². The zero-order chi connectivity index (χ0) is 8.53. The number of thiocyanates is 1. The Bertz CT molecular complexity index is 190. The third-order valence-corrected chi connectivity index (χ3v) is 1.85. The molecule has 0 spiro atoms. The SMILES string of the molecule is N#CSC1=CC=CCC1.NN. The summed E-state index contributed by atoms with van der Waals surface area (Å²) in [5, 5.41) is 10.3. The molecule has 0 saturated carbocycles. The summed E-state index contributed by atoms with van der Waals surface area (Å²) in [5.74, 6) is 8.00. The van der Waals surface area contributed by atoms with E-state index in [9.17, 15) is 0 Å². The van der Waals surface area contributed by atoms with E-state index in [2.05, 4.69) is 23.2 Å². The number of nitriles is 1. The van der Waals surface area contributed by atoms with Crippen molar-refractivity contribution in [2.24, 2.45) is 11.7 Å². The smallest absolute Gasteiger partial charge is 0.138 e. The standard InChI is InChI=1S/C7H7NS.H4N2/c8-6-9-7-4-2-1-3-5-7;1-2/h1-2,4H,3,5H2;1-2H2. The van der Waals surface area contributed by atoms with Gasteiger partial charge in [-0.25, -0.2) is 0 Å². The van der Waals surface area contributed by atoms with Crippen LogP contribution in [0.3, 0.4) is 0 Å². The molecule has 4 heteroatoms. The molecule has 0 unspecified atom stereocenters. The number of hydrogen-bond acceptors (Lipinski definition) is 4. The lowest BCUT2D eigenvalue weighted by Crippen LogP contribution is -2.02. The van der Waals surface area contributed by atoms with E-state index in [0.717, 1.165) is 12.8 Å². The van der Waals surface area contributed by atoms with Crippen LogP contribution in [0.4, 0.5) is 0 Å². The molecule has 60 valence electrons. The number of hydrogen-bond donors (Lipinski definition) is 2. The van der Waals surface area contributed by atoms with E-state index in [4.69, 9.17) is 5.26 Å². The lowest BCUT2D eigenvalue weighted by molar-refractivity contribution is 1.02. The van der Waals surface area contributed by atoms with Crippen molar-refractivity contribution in [3.8, 4) is 5.40 Å². The van der Waals surface area contributed by atoms with Crippen molar-refractivity contribution in [2.45, 2.75) is 12.8 Å².